The molecule has 0 radical (unpaired) electrons. The van der Waals surface area contributed by atoms with E-state index in [1.165, 1.54) is 6.92 Å². The number of anilines is 2. The van der Waals surface area contributed by atoms with E-state index in [-0.39, 0.29) is 5.91 Å². The zero-order valence-corrected chi connectivity index (χ0v) is 12.8. The van der Waals surface area contributed by atoms with Gasteiger partial charge in [-0.05, 0) is 29.8 Å². The molecule has 116 valence electrons. The van der Waals surface area contributed by atoms with E-state index in [1.54, 1.807) is 26.5 Å². The van der Waals surface area contributed by atoms with Crippen LogP contribution >= 0.6 is 0 Å². The number of rotatable bonds is 6. The van der Waals surface area contributed by atoms with Crippen molar-refractivity contribution in [2.75, 3.05) is 24.9 Å². The molecular weight excluding hydrogens is 282 g/mol. The summed E-state index contributed by atoms with van der Waals surface area (Å²) in [6, 6.07) is 9.36. The number of hydrogen-bond acceptors (Lipinski definition) is 5. The molecule has 6 heteroatoms. The van der Waals surface area contributed by atoms with Gasteiger partial charge in [-0.3, -0.25) is 4.79 Å². The minimum Gasteiger partial charge on any atom is -0.493 e. The Morgan fingerprint density at radius 2 is 1.91 bits per heavy atom. The van der Waals surface area contributed by atoms with Crippen LogP contribution in [0.4, 0.5) is 11.5 Å². The molecule has 0 spiro atoms. The van der Waals surface area contributed by atoms with Crippen molar-refractivity contribution in [3.05, 3.63) is 42.1 Å². The summed E-state index contributed by atoms with van der Waals surface area (Å²) in [7, 11) is 3.22. The number of nitrogens with one attached hydrogen (secondary N) is 2. The lowest BCUT2D eigenvalue weighted by atomic mass is 10.2. The zero-order chi connectivity index (χ0) is 15.9. The van der Waals surface area contributed by atoms with Crippen LogP contribution in [0.2, 0.25) is 0 Å². The van der Waals surface area contributed by atoms with Crippen LogP contribution < -0.4 is 20.1 Å². The molecule has 2 N–H and O–H groups in total. The summed E-state index contributed by atoms with van der Waals surface area (Å²) >= 11 is 0. The summed E-state index contributed by atoms with van der Waals surface area (Å²) in [4.78, 5) is 15.1. The first-order valence-corrected chi connectivity index (χ1v) is 6.81. The van der Waals surface area contributed by atoms with Gasteiger partial charge in [0.1, 0.15) is 5.82 Å². The molecule has 0 atom stereocenters. The van der Waals surface area contributed by atoms with Crippen molar-refractivity contribution in [3.8, 4) is 11.5 Å². The molecule has 0 aliphatic rings. The second-order valence-corrected chi connectivity index (χ2v) is 4.66. The van der Waals surface area contributed by atoms with Crippen LogP contribution in [0.15, 0.2) is 36.5 Å². The Hall–Kier alpha value is -2.76. The summed E-state index contributed by atoms with van der Waals surface area (Å²) < 4.78 is 10.5. The monoisotopic (exact) mass is 301 g/mol. The molecule has 1 aromatic heterocycles. The lowest BCUT2D eigenvalue weighted by Crippen LogP contribution is -2.07. The quantitative estimate of drug-likeness (QED) is 0.858. The fourth-order valence-corrected chi connectivity index (χ4v) is 1.95. The van der Waals surface area contributed by atoms with Crippen LogP contribution in [-0.2, 0) is 11.3 Å². The molecule has 0 aliphatic heterocycles. The Morgan fingerprint density at radius 1 is 1.14 bits per heavy atom. The molecule has 0 saturated heterocycles. The molecule has 0 unspecified atom stereocenters. The number of amides is 1. The molecule has 2 aromatic rings. The molecule has 2 rings (SSSR count). The van der Waals surface area contributed by atoms with E-state index in [4.69, 9.17) is 9.47 Å². The van der Waals surface area contributed by atoms with Gasteiger partial charge < -0.3 is 20.1 Å². The molecule has 22 heavy (non-hydrogen) atoms. The smallest absolute Gasteiger partial charge is 0.222 e. The zero-order valence-electron chi connectivity index (χ0n) is 12.8. The van der Waals surface area contributed by atoms with E-state index in [0.29, 0.717) is 23.9 Å². The maximum atomic E-state index is 10.9. The Bertz CT molecular complexity index is 642. The third kappa shape index (κ3) is 4.12. The van der Waals surface area contributed by atoms with E-state index in [9.17, 15) is 4.79 Å². The second-order valence-electron chi connectivity index (χ2n) is 4.66. The number of aromatic nitrogens is 1. The number of carbonyl (C=O) groups excluding carboxylic acids is 1. The van der Waals surface area contributed by atoms with Crippen LogP contribution in [-0.4, -0.2) is 25.1 Å². The predicted octanol–water partition coefficient (Wildman–Crippen LogP) is 2.67. The van der Waals surface area contributed by atoms with Gasteiger partial charge in [-0.25, -0.2) is 4.98 Å². The summed E-state index contributed by atoms with van der Waals surface area (Å²) in [6.45, 7) is 2.08. The fourth-order valence-electron chi connectivity index (χ4n) is 1.95. The van der Waals surface area contributed by atoms with Gasteiger partial charge in [-0.2, -0.15) is 0 Å². The molecule has 0 bridgehead atoms. The molecule has 0 fully saturated rings. The van der Waals surface area contributed by atoms with Gasteiger partial charge >= 0.3 is 0 Å². The van der Waals surface area contributed by atoms with Crippen LogP contribution in [0.25, 0.3) is 0 Å². The molecule has 1 heterocycles. The Kier molecular flexibility index (Phi) is 5.19. The predicted molar refractivity (Wildman–Crippen MR) is 85.4 cm³/mol. The minimum absolute atomic E-state index is 0.140. The topological polar surface area (TPSA) is 72.5 Å². The summed E-state index contributed by atoms with van der Waals surface area (Å²) in [5.74, 6) is 1.79. The molecule has 6 nitrogen and oxygen atoms in total. The van der Waals surface area contributed by atoms with E-state index >= 15 is 0 Å². The van der Waals surface area contributed by atoms with Gasteiger partial charge in [-0.1, -0.05) is 6.07 Å². The van der Waals surface area contributed by atoms with Crippen molar-refractivity contribution >= 4 is 17.4 Å². The average molecular weight is 301 g/mol. The number of benzene rings is 1. The molecule has 1 amide bonds. The Morgan fingerprint density at radius 3 is 2.50 bits per heavy atom. The second kappa shape index (κ2) is 7.31. The van der Waals surface area contributed by atoms with Crippen molar-refractivity contribution in [2.45, 2.75) is 13.5 Å². The van der Waals surface area contributed by atoms with Crippen molar-refractivity contribution < 1.29 is 14.3 Å². The summed E-state index contributed by atoms with van der Waals surface area (Å²) in [5, 5.41) is 5.88. The number of nitrogens with zero attached hydrogens (tertiary/aromatic N) is 1. The van der Waals surface area contributed by atoms with Crippen molar-refractivity contribution in [3.63, 3.8) is 0 Å². The van der Waals surface area contributed by atoms with Gasteiger partial charge in [0.2, 0.25) is 5.91 Å². The van der Waals surface area contributed by atoms with Gasteiger partial charge in [0.25, 0.3) is 0 Å². The molecule has 0 aliphatic carbocycles. The fraction of sp³-hybridized carbons (Fsp3) is 0.250. The highest BCUT2D eigenvalue weighted by molar-refractivity contribution is 5.87. The normalized spacial score (nSPS) is 9.95. The van der Waals surface area contributed by atoms with Gasteiger partial charge in [0.15, 0.2) is 11.5 Å². The number of ether oxygens (including phenoxy) is 2. The van der Waals surface area contributed by atoms with Gasteiger partial charge in [-0.15, -0.1) is 0 Å². The average Bonchev–Trinajstić information content (AvgIpc) is 2.53. The summed E-state index contributed by atoms with van der Waals surface area (Å²) in [6.07, 6.45) is 1.67. The number of methoxy groups -OCH3 is 2. The maximum absolute atomic E-state index is 10.9. The van der Waals surface area contributed by atoms with E-state index in [1.807, 2.05) is 24.3 Å². The first kappa shape index (κ1) is 15.6. The third-order valence-electron chi connectivity index (χ3n) is 3.01. The van der Waals surface area contributed by atoms with Crippen LogP contribution in [0.3, 0.4) is 0 Å². The summed E-state index contributed by atoms with van der Waals surface area (Å²) in [5.41, 5.74) is 1.92. The SMILES string of the molecule is COc1ccc(CNc2ccc(NC(C)=O)nc2)cc1OC. The lowest BCUT2D eigenvalue weighted by molar-refractivity contribution is -0.114. The van der Waals surface area contributed by atoms with Crippen molar-refractivity contribution in [2.24, 2.45) is 0 Å². The molecule has 1 aromatic carbocycles. The first-order valence-electron chi connectivity index (χ1n) is 6.81. The highest BCUT2D eigenvalue weighted by atomic mass is 16.5. The van der Waals surface area contributed by atoms with Crippen molar-refractivity contribution in [1.29, 1.82) is 0 Å². The largest absolute Gasteiger partial charge is 0.493 e. The van der Waals surface area contributed by atoms with Gasteiger partial charge in [0.05, 0.1) is 26.1 Å². The van der Waals surface area contributed by atoms with E-state index in [0.717, 1.165) is 11.3 Å². The highest BCUT2D eigenvalue weighted by Gasteiger charge is 2.04. The van der Waals surface area contributed by atoms with Crippen LogP contribution in [0.1, 0.15) is 12.5 Å². The third-order valence-corrected chi connectivity index (χ3v) is 3.01. The van der Waals surface area contributed by atoms with Gasteiger partial charge in [0, 0.05) is 13.5 Å². The standard InChI is InChI=1S/C16H19N3O3/c1-11(20)19-16-7-5-13(10-18-16)17-9-12-4-6-14(21-2)15(8-12)22-3/h4-8,10,17H,9H2,1-3H3,(H,18,19,20). The number of hydrogen-bond donors (Lipinski definition) is 2. The van der Waals surface area contributed by atoms with Crippen LogP contribution in [0, 0.1) is 0 Å². The number of carbonyl (C=O) groups is 1. The van der Waals surface area contributed by atoms with E-state index < -0.39 is 0 Å². The van der Waals surface area contributed by atoms with Crippen molar-refractivity contribution in [1.82, 2.24) is 4.98 Å². The highest BCUT2D eigenvalue weighted by Crippen LogP contribution is 2.27. The minimum atomic E-state index is -0.140. The number of pyridine rings is 1. The maximum Gasteiger partial charge on any atom is 0.222 e. The Labute approximate surface area is 129 Å². The van der Waals surface area contributed by atoms with E-state index in [2.05, 4.69) is 15.6 Å². The lowest BCUT2D eigenvalue weighted by Gasteiger charge is -2.11. The van der Waals surface area contributed by atoms with Crippen LogP contribution in [0.5, 0.6) is 11.5 Å². The first-order chi connectivity index (χ1) is 10.6. The molecule has 0 saturated carbocycles. The molecular formula is C16H19N3O3. The Balaban J connectivity index is 1.99.